The first kappa shape index (κ1) is 9.64. The van der Waals surface area contributed by atoms with Gasteiger partial charge in [0.05, 0.1) is 0 Å². The molecule has 0 radical (unpaired) electrons. The monoisotopic (exact) mass is 306 g/mol. The van der Waals surface area contributed by atoms with Gasteiger partial charge in [-0.3, -0.25) is 0 Å². The summed E-state index contributed by atoms with van der Waals surface area (Å²) in [5.74, 6) is 0.242. The number of aromatic nitrogens is 1. The van der Waals surface area contributed by atoms with E-state index in [9.17, 15) is 0 Å². The van der Waals surface area contributed by atoms with Crippen molar-refractivity contribution >= 4 is 0 Å². The van der Waals surface area contributed by atoms with Crippen LogP contribution in [0.3, 0.4) is 0 Å². The SMILES string of the molecule is Cc1[c-]nc(C)c(O)c1.[W+2]. The van der Waals surface area contributed by atoms with E-state index in [0.29, 0.717) is 5.69 Å². The first-order chi connectivity index (χ1) is 4.20. The van der Waals surface area contributed by atoms with Gasteiger partial charge in [-0.2, -0.15) is 0 Å². The molecule has 0 spiro atoms. The van der Waals surface area contributed by atoms with Crippen LogP contribution in [0.25, 0.3) is 0 Å². The Hall–Kier alpha value is -0.362. The number of rotatable bonds is 0. The quantitative estimate of drug-likeness (QED) is 0.731. The summed E-state index contributed by atoms with van der Waals surface area (Å²) in [5, 5.41) is 9.02. The zero-order valence-electron chi connectivity index (χ0n) is 5.88. The van der Waals surface area contributed by atoms with Gasteiger partial charge in [-0.25, -0.2) is 0 Å². The third kappa shape index (κ3) is 2.11. The fourth-order valence-corrected chi connectivity index (χ4v) is 0.571. The maximum absolute atomic E-state index is 9.02. The van der Waals surface area contributed by atoms with E-state index >= 15 is 0 Å². The Morgan fingerprint density at radius 3 is 2.50 bits per heavy atom. The molecule has 0 unspecified atom stereocenters. The molecule has 2 nitrogen and oxygen atoms in total. The minimum Gasteiger partial charge on any atom is -0.532 e. The molecular weight excluding hydrogens is 298 g/mol. The zero-order chi connectivity index (χ0) is 6.85. The Bertz CT molecular complexity index is 225. The van der Waals surface area contributed by atoms with Crippen LogP contribution in [0.15, 0.2) is 6.07 Å². The molecular formula is C7H8NOW+. The van der Waals surface area contributed by atoms with Crippen molar-refractivity contribution in [2.24, 2.45) is 0 Å². The second-order valence-electron chi connectivity index (χ2n) is 2.02. The van der Waals surface area contributed by atoms with Crippen molar-refractivity contribution in [3.63, 3.8) is 0 Å². The summed E-state index contributed by atoms with van der Waals surface area (Å²) < 4.78 is 0. The second-order valence-corrected chi connectivity index (χ2v) is 2.02. The van der Waals surface area contributed by atoms with Crippen LogP contribution in [0.4, 0.5) is 0 Å². The van der Waals surface area contributed by atoms with Crippen LogP contribution in [0.5, 0.6) is 5.75 Å². The maximum atomic E-state index is 9.02. The smallest absolute Gasteiger partial charge is 0.532 e. The molecule has 10 heavy (non-hydrogen) atoms. The van der Waals surface area contributed by atoms with Crippen molar-refractivity contribution in [1.82, 2.24) is 4.98 Å². The topological polar surface area (TPSA) is 33.1 Å². The summed E-state index contributed by atoms with van der Waals surface area (Å²) in [6, 6.07) is 1.64. The summed E-state index contributed by atoms with van der Waals surface area (Å²) in [4.78, 5) is 3.80. The Labute approximate surface area is 74.6 Å². The molecule has 0 fully saturated rings. The van der Waals surface area contributed by atoms with Crippen molar-refractivity contribution in [2.75, 3.05) is 0 Å². The Kier molecular flexibility index (Phi) is 3.59. The van der Waals surface area contributed by atoms with E-state index in [1.54, 1.807) is 13.0 Å². The van der Waals surface area contributed by atoms with Gasteiger partial charge in [0, 0.05) is 5.75 Å². The third-order valence-electron chi connectivity index (χ3n) is 1.12. The summed E-state index contributed by atoms with van der Waals surface area (Å²) in [5.41, 5.74) is 1.48. The minimum atomic E-state index is 0. The summed E-state index contributed by atoms with van der Waals surface area (Å²) in [7, 11) is 0. The number of aryl methyl sites for hydroxylation is 2. The molecule has 0 bridgehead atoms. The van der Waals surface area contributed by atoms with Gasteiger partial charge in [0.2, 0.25) is 0 Å². The second kappa shape index (κ2) is 3.72. The third-order valence-corrected chi connectivity index (χ3v) is 1.12. The van der Waals surface area contributed by atoms with Crippen LogP contribution < -0.4 is 0 Å². The number of pyridine rings is 1. The molecule has 0 saturated carbocycles. The average molecular weight is 306 g/mol. The fraction of sp³-hybridized carbons (Fsp3) is 0.286. The van der Waals surface area contributed by atoms with Gasteiger partial charge in [-0.05, 0) is 5.69 Å². The molecule has 1 heterocycles. The van der Waals surface area contributed by atoms with Crippen LogP contribution in [-0.4, -0.2) is 10.1 Å². The van der Waals surface area contributed by atoms with Crippen LogP contribution >= 0.6 is 0 Å². The normalized spacial score (nSPS) is 8.60. The standard InChI is InChI=1S/C7H8NO.W/c1-5-3-7(9)6(2)8-4-5;/h3,9H,1-2H3;/q-1;+2. The largest absolute Gasteiger partial charge is 2.00 e. The summed E-state index contributed by atoms with van der Waals surface area (Å²) in [6.07, 6.45) is 2.73. The molecule has 52 valence electrons. The molecule has 1 rings (SSSR count). The van der Waals surface area contributed by atoms with E-state index < -0.39 is 0 Å². The van der Waals surface area contributed by atoms with Gasteiger partial charge in [0.25, 0.3) is 0 Å². The van der Waals surface area contributed by atoms with Crippen LogP contribution in [-0.2, 0) is 21.1 Å². The van der Waals surface area contributed by atoms with Crippen molar-refractivity contribution < 1.29 is 26.2 Å². The predicted molar refractivity (Wildman–Crippen MR) is 34.2 cm³/mol. The minimum absolute atomic E-state index is 0. The Morgan fingerprint density at radius 2 is 2.10 bits per heavy atom. The molecule has 1 aromatic rings. The molecule has 0 amide bonds. The summed E-state index contributed by atoms with van der Waals surface area (Å²) in [6.45, 7) is 3.58. The number of nitrogens with zero attached hydrogens (tertiary/aromatic N) is 1. The van der Waals surface area contributed by atoms with E-state index in [4.69, 9.17) is 5.11 Å². The molecule has 0 saturated heterocycles. The van der Waals surface area contributed by atoms with Crippen LogP contribution in [0, 0.1) is 20.0 Å². The van der Waals surface area contributed by atoms with Crippen LogP contribution in [0.1, 0.15) is 11.3 Å². The van der Waals surface area contributed by atoms with Gasteiger partial charge in [0.1, 0.15) is 0 Å². The number of aromatic hydroxyl groups is 1. The van der Waals surface area contributed by atoms with Gasteiger partial charge in [-0.15, -0.1) is 11.6 Å². The number of hydrogen-bond acceptors (Lipinski definition) is 2. The first-order valence-electron chi connectivity index (χ1n) is 2.75. The van der Waals surface area contributed by atoms with E-state index in [1.807, 2.05) is 6.92 Å². The Balaban J connectivity index is 0.000000810. The fourth-order valence-electron chi connectivity index (χ4n) is 0.571. The Morgan fingerprint density at radius 1 is 1.50 bits per heavy atom. The molecule has 0 aliphatic carbocycles. The van der Waals surface area contributed by atoms with E-state index in [-0.39, 0.29) is 26.8 Å². The zero-order valence-corrected chi connectivity index (χ0v) is 8.81. The van der Waals surface area contributed by atoms with E-state index in [0.717, 1.165) is 5.56 Å². The predicted octanol–water partition coefficient (Wildman–Crippen LogP) is 1.20. The van der Waals surface area contributed by atoms with Gasteiger partial charge >= 0.3 is 21.1 Å². The van der Waals surface area contributed by atoms with Crippen molar-refractivity contribution in [3.8, 4) is 5.75 Å². The maximum Gasteiger partial charge on any atom is 2.00 e. The van der Waals surface area contributed by atoms with Crippen molar-refractivity contribution in [2.45, 2.75) is 13.8 Å². The molecule has 0 aliphatic heterocycles. The average Bonchev–Trinajstić information content (AvgIpc) is 1.80. The summed E-state index contributed by atoms with van der Waals surface area (Å²) >= 11 is 0. The van der Waals surface area contributed by atoms with Crippen molar-refractivity contribution in [3.05, 3.63) is 23.5 Å². The molecule has 3 heteroatoms. The molecule has 0 aliphatic rings. The molecule has 1 aromatic heterocycles. The van der Waals surface area contributed by atoms with Crippen LogP contribution in [0.2, 0.25) is 0 Å². The molecule has 0 atom stereocenters. The van der Waals surface area contributed by atoms with Gasteiger partial charge < -0.3 is 10.1 Å². The number of hydrogen-bond donors (Lipinski definition) is 1. The van der Waals surface area contributed by atoms with E-state index in [2.05, 4.69) is 11.2 Å². The first-order valence-corrected chi connectivity index (χ1v) is 2.75. The van der Waals surface area contributed by atoms with E-state index in [1.165, 1.54) is 0 Å². The molecule has 1 N–H and O–H groups in total. The van der Waals surface area contributed by atoms with Crippen molar-refractivity contribution in [1.29, 1.82) is 0 Å². The van der Waals surface area contributed by atoms with Gasteiger partial charge in [0.15, 0.2) is 0 Å². The molecule has 0 aromatic carbocycles. The van der Waals surface area contributed by atoms with Gasteiger partial charge in [-0.1, -0.05) is 20.0 Å².